The van der Waals surface area contributed by atoms with Crippen molar-refractivity contribution in [3.8, 4) is 0 Å². The highest BCUT2D eigenvalue weighted by molar-refractivity contribution is 5.65. The fraction of sp³-hybridized carbons (Fsp3) is 0.909. The maximum absolute atomic E-state index is 11.0. The van der Waals surface area contributed by atoms with Crippen LogP contribution in [0, 0.1) is 5.92 Å². The molecule has 88 valence electrons. The molecular formula is C11H21NO3. The summed E-state index contributed by atoms with van der Waals surface area (Å²) in [5.74, 6) is 0.294. The zero-order chi connectivity index (χ0) is 11.3. The predicted octanol–water partition coefficient (Wildman–Crippen LogP) is 1.93. The van der Waals surface area contributed by atoms with Crippen molar-refractivity contribution in [2.24, 2.45) is 5.92 Å². The van der Waals surface area contributed by atoms with Crippen LogP contribution < -0.4 is 0 Å². The summed E-state index contributed by atoms with van der Waals surface area (Å²) in [6.45, 7) is 2.88. The lowest BCUT2D eigenvalue weighted by molar-refractivity contribution is 0.0682. The first kappa shape index (κ1) is 12.3. The number of hydrogen-bond donors (Lipinski definition) is 2. The van der Waals surface area contributed by atoms with E-state index in [0.29, 0.717) is 12.5 Å². The van der Waals surface area contributed by atoms with Crippen LogP contribution in [0.4, 0.5) is 4.79 Å². The molecule has 2 atom stereocenters. The second-order valence-electron chi connectivity index (χ2n) is 4.34. The van der Waals surface area contributed by atoms with Gasteiger partial charge in [-0.2, -0.15) is 0 Å². The Labute approximate surface area is 90.9 Å². The summed E-state index contributed by atoms with van der Waals surface area (Å²) in [6, 6.07) is 0.119. The number of aliphatic hydroxyl groups excluding tert-OH is 1. The van der Waals surface area contributed by atoms with Gasteiger partial charge in [0.1, 0.15) is 0 Å². The number of carbonyl (C=O) groups is 1. The summed E-state index contributed by atoms with van der Waals surface area (Å²) in [5, 5.41) is 18.1. The van der Waals surface area contributed by atoms with Crippen LogP contribution in [0.5, 0.6) is 0 Å². The molecule has 0 aromatic carbocycles. The van der Waals surface area contributed by atoms with E-state index in [9.17, 15) is 4.79 Å². The molecule has 1 heterocycles. The lowest BCUT2D eigenvalue weighted by Gasteiger charge is -2.37. The van der Waals surface area contributed by atoms with Gasteiger partial charge in [-0.15, -0.1) is 0 Å². The van der Waals surface area contributed by atoms with Crippen LogP contribution in [0.1, 0.15) is 39.0 Å². The first-order valence-electron chi connectivity index (χ1n) is 5.79. The number of piperidine rings is 1. The van der Waals surface area contributed by atoms with Crippen molar-refractivity contribution in [3.63, 3.8) is 0 Å². The van der Waals surface area contributed by atoms with Crippen molar-refractivity contribution in [3.05, 3.63) is 0 Å². The van der Waals surface area contributed by atoms with Gasteiger partial charge in [0.25, 0.3) is 0 Å². The largest absolute Gasteiger partial charge is 0.465 e. The van der Waals surface area contributed by atoms with Crippen molar-refractivity contribution in [1.82, 2.24) is 4.90 Å². The minimum Gasteiger partial charge on any atom is -0.465 e. The third-order valence-corrected chi connectivity index (χ3v) is 3.22. The Hall–Kier alpha value is -0.770. The van der Waals surface area contributed by atoms with Crippen LogP contribution in [-0.2, 0) is 0 Å². The molecule has 2 N–H and O–H groups in total. The number of rotatable bonds is 4. The molecule has 15 heavy (non-hydrogen) atoms. The van der Waals surface area contributed by atoms with E-state index in [1.165, 1.54) is 0 Å². The molecule has 1 amide bonds. The van der Waals surface area contributed by atoms with Gasteiger partial charge >= 0.3 is 6.09 Å². The quantitative estimate of drug-likeness (QED) is 0.753. The van der Waals surface area contributed by atoms with Crippen molar-refractivity contribution < 1.29 is 15.0 Å². The Kier molecular flexibility index (Phi) is 4.88. The predicted molar refractivity (Wildman–Crippen MR) is 57.9 cm³/mol. The van der Waals surface area contributed by atoms with Crippen molar-refractivity contribution >= 4 is 6.09 Å². The van der Waals surface area contributed by atoms with Gasteiger partial charge in [0, 0.05) is 19.2 Å². The third kappa shape index (κ3) is 3.38. The summed E-state index contributed by atoms with van der Waals surface area (Å²) in [6.07, 6.45) is 3.89. The van der Waals surface area contributed by atoms with Gasteiger partial charge in [0.05, 0.1) is 0 Å². The maximum Gasteiger partial charge on any atom is 0.407 e. The minimum atomic E-state index is -0.813. The van der Waals surface area contributed by atoms with E-state index in [1.54, 1.807) is 4.90 Å². The Morgan fingerprint density at radius 3 is 2.80 bits per heavy atom. The van der Waals surface area contributed by atoms with E-state index in [1.807, 2.05) is 0 Å². The lowest BCUT2D eigenvalue weighted by Crippen LogP contribution is -2.46. The zero-order valence-corrected chi connectivity index (χ0v) is 9.35. The van der Waals surface area contributed by atoms with Crippen molar-refractivity contribution in [1.29, 1.82) is 0 Å². The molecule has 0 spiro atoms. The molecule has 4 nitrogen and oxygen atoms in total. The van der Waals surface area contributed by atoms with Crippen LogP contribution in [0.15, 0.2) is 0 Å². The highest BCUT2D eigenvalue weighted by atomic mass is 16.4. The molecule has 0 aromatic rings. The molecule has 0 bridgehead atoms. The van der Waals surface area contributed by atoms with Crippen LogP contribution in [0.2, 0.25) is 0 Å². The molecule has 1 rings (SSSR count). The van der Waals surface area contributed by atoms with E-state index >= 15 is 0 Å². The average molecular weight is 215 g/mol. The second-order valence-corrected chi connectivity index (χ2v) is 4.34. The number of nitrogens with zero attached hydrogens (tertiary/aromatic N) is 1. The van der Waals surface area contributed by atoms with E-state index in [2.05, 4.69) is 6.92 Å². The topological polar surface area (TPSA) is 60.8 Å². The normalized spacial score (nSPS) is 26.7. The Morgan fingerprint density at radius 1 is 1.53 bits per heavy atom. The number of hydrogen-bond acceptors (Lipinski definition) is 2. The highest BCUT2D eigenvalue weighted by Gasteiger charge is 2.30. The molecule has 1 aliphatic heterocycles. The number of unbranched alkanes of at least 4 members (excludes halogenated alkanes) is 1. The zero-order valence-electron chi connectivity index (χ0n) is 9.35. The number of carboxylic acid groups (broad SMARTS) is 1. The molecule has 0 radical (unpaired) electrons. The van der Waals surface area contributed by atoms with E-state index in [4.69, 9.17) is 10.2 Å². The fourth-order valence-corrected chi connectivity index (χ4v) is 2.27. The van der Waals surface area contributed by atoms with Crippen molar-refractivity contribution in [2.75, 3.05) is 13.2 Å². The summed E-state index contributed by atoms with van der Waals surface area (Å²) in [7, 11) is 0. The van der Waals surface area contributed by atoms with Gasteiger partial charge in [-0.05, 0) is 25.2 Å². The van der Waals surface area contributed by atoms with Gasteiger partial charge in [-0.1, -0.05) is 19.8 Å². The van der Waals surface area contributed by atoms with Gasteiger partial charge in [0.2, 0.25) is 0 Å². The smallest absolute Gasteiger partial charge is 0.407 e. The minimum absolute atomic E-state index is 0.119. The van der Waals surface area contributed by atoms with E-state index in [-0.39, 0.29) is 12.6 Å². The first-order chi connectivity index (χ1) is 7.19. The molecule has 4 heteroatoms. The maximum atomic E-state index is 11.0. The lowest BCUT2D eigenvalue weighted by atomic mass is 9.89. The van der Waals surface area contributed by atoms with Crippen LogP contribution in [-0.4, -0.2) is 40.4 Å². The number of likely N-dealkylation sites (tertiary alicyclic amines) is 1. The van der Waals surface area contributed by atoms with Crippen LogP contribution in [0.25, 0.3) is 0 Å². The third-order valence-electron chi connectivity index (χ3n) is 3.22. The number of amides is 1. The monoisotopic (exact) mass is 215 g/mol. The highest BCUT2D eigenvalue weighted by Crippen LogP contribution is 2.25. The molecule has 0 aliphatic carbocycles. The molecule has 0 saturated carbocycles. The number of aliphatic hydroxyl groups is 1. The summed E-state index contributed by atoms with van der Waals surface area (Å²) in [4.78, 5) is 12.5. The SMILES string of the molecule is CCCCC1CC(CO)CCN1C(=O)O. The van der Waals surface area contributed by atoms with Gasteiger partial charge in [0.15, 0.2) is 0 Å². The Morgan fingerprint density at radius 2 is 2.27 bits per heavy atom. The van der Waals surface area contributed by atoms with Crippen LogP contribution >= 0.6 is 0 Å². The van der Waals surface area contributed by atoms with Gasteiger partial charge in [-0.3, -0.25) is 0 Å². The van der Waals surface area contributed by atoms with Crippen LogP contribution in [0.3, 0.4) is 0 Å². The van der Waals surface area contributed by atoms with Crippen molar-refractivity contribution in [2.45, 2.75) is 45.1 Å². The van der Waals surface area contributed by atoms with Gasteiger partial charge < -0.3 is 15.1 Å². The van der Waals surface area contributed by atoms with E-state index in [0.717, 1.165) is 32.1 Å². The van der Waals surface area contributed by atoms with Gasteiger partial charge in [-0.25, -0.2) is 4.79 Å². The molecule has 1 fully saturated rings. The molecular weight excluding hydrogens is 194 g/mol. The summed E-state index contributed by atoms with van der Waals surface area (Å²) >= 11 is 0. The first-order valence-corrected chi connectivity index (χ1v) is 5.79. The summed E-state index contributed by atoms with van der Waals surface area (Å²) < 4.78 is 0. The molecule has 1 aliphatic rings. The molecule has 2 unspecified atom stereocenters. The average Bonchev–Trinajstić information content (AvgIpc) is 2.25. The standard InChI is InChI=1S/C11H21NO3/c1-2-3-4-10-7-9(8-13)5-6-12(10)11(14)15/h9-10,13H,2-8H2,1H3,(H,14,15). The van der Waals surface area contributed by atoms with E-state index < -0.39 is 6.09 Å². The Bertz CT molecular complexity index is 208. The second kappa shape index (κ2) is 5.95. The molecule has 0 aromatic heterocycles. The fourth-order valence-electron chi connectivity index (χ4n) is 2.27. The summed E-state index contributed by atoms with van der Waals surface area (Å²) in [5.41, 5.74) is 0. The Balaban J connectivity index is 2.52. The molecule has 1 saturated heterocycles.